The first-order chi connectivity index (χ1) is 11.1. The van der Waals surface area contributed by atoms with E-state index in [1.54, 1.807) is 6.92 Å². The molecule has 1 amide bonds. The van der Waals surface area contributed by atoms with Gasteiger partial charge in [-0.1, -0.05) is 0 Å². The number of carbonyl (C=O) groups excluding carboxylic acids is 1. The van der Waals surface area contributed by atoms with Gasteiger partial charge < -0.3 is 10.4 Å². The van der Waals surface area contributed by atoms with Crippen molar-refractivity contribution >= 4 is 21.9 Å². The largest absolute Gasteiger partial charge is 0.480 e. The van der Waals surface area contributed by atoms with E-state index in [4.69, 9.17) is 10.4 Å². The molecule has 0 aromatic carbocycles. The van der Waals surface area contributed by atoms with Gasteiger partial charge in [-0.25, -0.2) is 8.42 Å². The fourth-order valence-electron chi connectivity index (χ4n) is 1.89. The number of aryl methyl sites for hydroxylation is 1. The quantitative estimate of drug-likeness (QED) is 0.694. The number of carboxylic acid groups (broad SMARTS) is 1. The molecule has 2 N–H and O–H groups in total. The number of hydrogen-bond acceptors (Lipinski definition) is 6. The Balaban J connectivity index is 3.26. The van der Waals surface area contributed by atoms with Crippen molar-refractivity contribution in [3.8, 4) is 6.07 Å². The van der Waals surface area contributed by atoms with Gasteiger partial charge in [0.05, 0.1) is 11.3 Å². The number of nitrogens with one attached hydrogen (secondary N) is 1. The zero-order chi connectivity index (χ0) is 18.5. The van der Waals surface area contributed by atoms with Gasteiger partial charge in [-0.15, -0.1) is 0 Å². The van der Waals surface area contributed by atoms with E-state index in [1.807, 2.05) is 6.07 Å². The zero-order valence-electron chi connectivity index (χ0n) is 13.5. The van der Waals surface area contributed by atoms with Crippen molar-refractivity contribution in [3.63, 3.8) is 0 Å². The van der Waals surface area contributed by atoms with Crippen LogP contribution in [0, 0.1) is 18.3 Å². The van der Waals surface area contributed by atoms with Crippen molar-refractivity contribution in [2.24, 2.45) is 0 Å². The maximum atomic E-state index is 12.7. The Morgan fingerprint density at radius 3 is 2.62 bits per heavy atom. The van der Waals surface area contributed by atoms with Crippen molar-refractivity contribution in [2.75, 3.05) is 13.1 Å². The summed E-state index contributed by atoms with van der Waals surface area (Å²) < 4.78 is 26.2. The van der Waals surface area contributed by atoms with Gasteiger partial charge in [-0.3, -0.25) is 14.6 Å². The molecule has 0 bridgehead atoms. The summed E-state index contributed by atoms with van der Waals surface area (Å²) in [5.41, 5.74) is 0.452. The average molecular weight is 354 g/mol. The van der Waals surface area contributed by atoms with E-state index >= 15 is 0 Å². The summed E-state index contributed by atoms with van der Waals surface area (Å²) in [5.74, 6) is -1.69. The minimum absolute atomic E-state index is 0.0451. The minimum atomic E-state index is -4.21. The number of carbonyl (C=O) groups is 2. The summed E-state index contributed by atoms with van der Waals surface area (Å²) >= 11 is 0. The lowest BCUT2D eigenvalue weighted by Gasteiger charge is -2.25. The lowest BCUT2D eigenvalue weighted by Crippen LogP contribution is -2.46. The van der Waals surface area contributed by atoms with Crippen LogP contribution in [0.3, 0.4) is 0 Å². The van der Waals surface area contributed by atoms with Crippen LogP contribution in [0.2, 0.25) is 0 Å². The first-order valence-electron chi connectivity index (χ1n) is 6.97. The van der Waals surface area contributed by atoms with Crippen LogP contribution < -0.4 is 5.32 Å². The number of carboxylic acids is 1. The Morgan fingerprint density at radius 2 is 2.12 bits per heavy atom. The third-order valence-electron chi connectivity index (χ3n) is 3.28. The molecule has 0 aliphatic heterocycles. The van der Waals surface area contributed by atoms with E-state index in [2.05, 4.69) is 10.3 Å². The van der Waals surface area contributed by atoms with Crippen molar-refractivity contribution in [2.45, 2.75) is 31.7 Å². The number of sulfonamides is 1. The highest BCUT2D eigenvalue weighted by Crippen LogP contribution is 2.19. The molecule has 0 fully saturated rings. The van der Waals surface area contributed by atoms with Gasteiger partial charge in [-0.2, -0.15) is 9.57 Å². The summed E-state index contributed by atoms with van der Waals surface area (Å²) in [6.45, 7) is 3.77. The molecule has 1 unspecified atom stereocenters. The maximum absolute atomic E-state index is 12.7. The number of rotatable bonds is 7. The number of amides is 1. The van der Waals surface area contributed by atoms with E-state index in [-0.39, 0.29) is 29.5 Å². The van der Waals surface area contributed by atoms with Crippen LogP contribution in [-0.4, -0.2) is 53.8 Å². The molecule has 0 saturated heterocycles. The van der Waals surface area contributed by atoms with Crippen LogP contribution in [0.15, 0.2) is 17.2 Å². The molecule has 1 heterocycles. The third-order valence-corrected chi connectivity index (χ3v) is 5.22. The standard InChI is InChI=1S/C14H18N4O5S/c1-9-12(7-15)6-13(8-17-9)24(22,23)18(10(2)14(20)21)5-4-16-11(3)19/h6,8,10H,4-5H2,1-3H3,(H,16,19)(H,20,21). The second-order valence-corrected chi connectivity index (χ2v) is 6.92. The van der Waals surface area contributed by atoms with Crippen LogP contribution in [0.1, 0.15) is 25.1 Å². The SMILES string of the molecule is CC(=O)NCCN(C(C)C(=O)O)S(=O)(=O)c1cnc(C)c(C#N)c1. The van der Waals surface area contributed by atoms with Crippen LogP contribution in [0.5, 0.6) is 0 Å². The summed E-state index contributed by atoms with van der Waals surface area (Å²) in [5, 5.41) is 20.6. The second kappa shape index (κ2) is 7.85. The number of pyridine rings is 1. The van der Waals surface area contributed by atoms with Crippen molar-refractivity contribution in [1.29, 1.82) is 5.26 Å². The highest BCUT2D eigenvalue weighted by molar-refractivity contribution is 7.89. The minimum Gasteiger partial charge on any atom is -0.480 e. The van der Waals surface area contributed by atoms with Crippen LogP contribution in [0.25, 0.3) is 0 Å². The third kappa shape index (κ3) is 4.50. The highest BCUT2D eigenvalue weighted by Gasteiger charge is 2.33. The average Bonchev–Trinajstić information content (AvgIpc) is 2.50. The molecule has 10 heteroatoms. The molecule has 0 spiro atoms. The van der Waals surface area contributed by atoms with E-state index < -0.39 is 22.0 Å². The lowest BCUT2D eigenvalue weighted by molar-refractivity contribution is -0.140. The van der Waals surface area contributed by atoms with Crippen LogP contribution >= 0.6 is 0 Å². The molecule has 0 aliphatic carbocycles. The molecule has 0 radical (unpaired) electrons. The van der Waals surface area contributed by atoms with Crippen LogP contribution in [0.4, 0.5) is 0 Å². The Morgan fingerprint density at radius 1 is 1.50 bits per heavy atom. The van der Waals surface area contributed by atoms with Gasteiger partial charge in [0.1, 0.15) is 17.0 Å². The summed E-state index contributed by atoms with van der Waals surface area (Å²) in [6, 6.07) is 1.64. The van der Waals surface area contributed by atoms with Crippen molar-refractivity contribution in [1.82, 2.24) is 14.6 Å². The number of nitriles is 1. The molecular formula is C14H18N4O5S. The van der Waals surface area contributed by atoms with E-state index in [0.717, 1.165) is 16.6 Å². The first-order valence-corrected chi connectivity index (χ1v) is 8.41. The molecule has 9 nitrogen and oxygen atoms in total. The fraction of sp³-hybridized carbons (Fsp3) is 0.429. The molecule has 130 valence electrons. The molecule has 1 aromatic heterocycles. The number of hydrogen-bond donors (Lipinski definition) is 2. The number of aliphatic carboxylic acids is 1. The van der Waals surface area contributed by atoms with Crippen molar-refractivity contribution < 1.29 is 23.1 Å². The molecule has 0 aliphatic rings. The first kappa shape index (κ1) is 19.5. The Kier molecular flexibility index (Phi) is 6.39. The molecular weight excluding hydrogens is 336 g/mol. The zero-order valence-corrected chi connectivity index (χ0v) is 14.3. The van der Waals surface area contributed by atoms with E-state index in [1.165, 1.54) is 13.8 Å². The van der Waals surface area contributed by atoms with E-state index in [0.29, 0.717) is 5.69 Å². The van der Waals surface area contributed by atoms with Gasteiger partial charge in [0.15, 0.2) is 0 Å². The maximum Gasteiger partial charge on any atom is 0.321 e. The van der Waals surface area contributed by atoms with Crippen molar-refractivity contribution in [3.05, 3.63) is 23.5 Å². The fourth-order valence-corrected chi connectivity index (χ4v) is 3.45. The smallest absolute Gasteiger partial charge is 0.321 e. The molecule has 1 aromatic rings. The number of aromatic nitrogens is 1. The highest BCUT2D eigenvalue weighted by atomic mass is 32.2. The van der Waals surface area contributed by atoms with Gasteiger partial charge >= 0.3 is 5.97 Å². The molecule has 0 saturated carbocycles. The van der Waals surface area contributed by atoms with Gasteiger partial charge in [0, 0.05) is 26.2 Å². The Bertz CT molecular complexity index is 785. The van der Waals surface area contributed by atoms with Gasteiger partial charge in [0.25, 0.3) is 0 Å². The summed E-state index contributed by atoms with van der Waals surface area (Å²) in [6.07, 6.45) is 1.07. The van der Waals surface area contributed by atoms with Gasteiger partial charge in [-0.05, 0) is 19.9 Å². The normalized spacial score (nSPS) is 12.5. The van der Waals surface area contributed by atoms with Crippen LogP contribution in [-0.2, 0) is 19.6 Å². The summed E-state index contributed by atoms with van der Waals surface area (Å²) in [4.78, 5) is 25.7. The predicted molar refractivity (Wildman–Crippen MR) is 83.4 cm³/mol. The molecule has 1 rings (SSSR count). The predicted octanol–water partition coefficient (Wildman–Crippen LogP) is -0.138. The monoisotopic (exact) mass is 354 g/mol. The Labute approximate surface area is 140 Å². The topological polar surface area (TPSA) is 140 Å². The van der Waals surface area contributed by atoms with E-state index in [9.17, 15) is 18.0 Å². The number of nitrogens with zero attached hydrogens (tertiary/aromatic N) is 3. The lowest BCUT2D eigenvalue weighted by atomic mass is 10.2. The Hall–Kier alpha value is -2.51. The summed E-state index contributed by atoms with van der Waals surface area (Å²) in [7, 11) is -4.21. The molecule has 1 atom stereocenters. The van der Waals surface area contributed by atoms with Gasteiger partial charge in [0.2, 0.25) is 15.9 Å². The molecule has 24 heavy (non-hydrogen) atoms. The second-order valence-electron chi connectivity index (χ2n) is 5.03.